The van der Waals surface area contributed by atoms with Crippen molar-refractivity contribution in [2.45, 2.75) is 10.8 Å². The zero-order valence-corrected chi connectivity index (χ0v) is 17.9. The first-order chi connectivity index (χ1) is 13.7. The summed E-state index contributed by atoms with van der Waals surface area (Å²) in [5, 5.41) is 8.67. The van der Waals surface area contributed by atoms with E-state index in [0.29, 0.717) is 16.4 Å². The van der Waals surface area contributed by atoms with Crippen molar-refractivity contribution in [3.63, 3.8) is 0 Å². The van der Waals surface area contributed by atoms with Gasteiger partial charge in [0.25, 0.3) is 5.91 Å². The standard InChI is InChI=1S/C17H14ClN3O5S3/c18-13-4-2-1-3-11(13)8-21-5-6-27-17(21)20-14(22)9-26-16(23)12-7-15(28-10-12)29(19,24)25/h1-7,10H,8-9H2,(H2,19,24,25). The average molecular weight is 472 g/mol. The molecule has 0 bridgehead atoms. The number of thiazole rings is 1. The lowest BCUT2D eigenvalue weighted by Gasteiger charge is -2.05. The fourth-order valence-corrected chi connectivity index (χ4v) is 4.75. The smallest absolute Gasteiger partial charge is 0.339 e. The number of nitrogens with zero attached hydrogens (tertiary/aromatic N) is 2. The highest BCUT2D eigenvalue weighted by Crippen LogP contribution is 2.19. The highest BCUT2D eigenvalue weighted by Gasteiger charge is 2.17. The summed E-state index contributed by atoms with van der Waals surface area (Å²) in [6.45, 7) is -0.149. The minimum atomic E-state index is -3.90. The molecule has 0 saturated carbocycles. The number of benzene rings is 1. The summed E-state index contributed by atoms with van der Waals surface area (Å²) >= 11 is 8.21. The van der Waals surface area contributed by atoms with Crippen LogP contribution in [-0.2, 0) is 26.1 Å². The molecule has 3 rings (SSSR count). The number of thiophene rings is 1. The predicted molar refractivity (Wildman–Crippen MR) is 109 cm³/mol. The Kier molecular flexibility index (Phi) is 6.65. The second-order valence-corrected chi connectivity index (χ2v) is 9.67. The Bertz CT molecular complexity index is 1230. The molecule has 29 heavy (non-hydrogen) atoms. The summed E-state index contributed by atoms with van der Waals surface area (Å²) in [5.41, 5.74) is 0.868. The van der Waals surface area contributed by atoms with Crippen molar-refractivity contribution >= 4 is 56.2 Å². The fraction of sp³-hybridized carbons (Fsp3) is 0.118. The molecule has 0 aliphatic carbocycles. The monoisotopic (exact) mass is 471 g/mol. The van der Waals surface area contributed by atoms with E-state index in [0.717, 1.165) is 23.0 Å². The van der Waals surface area contributed by atoms with Crippen LogP contribution in [0.15, 0.2) is 56.5 Å². The molecule has 1 amide bonds. The van der Waals surface area contributed by atoms with Gasteiger partial charge in [-0.05, 0) is 17.7 Å². The Morgan fingerprint density at radius 1 is 1.24 bits per heavy atom. The number of aromatic nitrogens is 1. The molecular weight excluding hydrogens is 458 g/mol. The summed E-state index contributed by atoms with van der Waals surface area (Å²) in [7, 11) is -3.90. The maximum Gasteiger partial charge on any atom is 0.339 e. The van der Waals surface area contributed by atoms with Gasteiger partial charge in [-0.3, -0.25) is 4.79 Å². The van der Waals surface area contributed by atoms with E-state index in [4.69, 9.17) is 21.5 Å². The minimum absolute atomic E-state index is 0.00303. The van der Waals surface area contributed by atoms with Crippen molar-refractivity contribution < 1.29 is 22.7 Å². The Balaban J connectivity index is 1.66. The molecule has 0 aliphatic heterocycles. The van der Waals surface area contributed by atoms with E-state index in [1.165, 1.54) is 16.7 Å². The zero-order chi connectivity index (χ0) is 21.0. The largest absolute Gasteiger partial charge is 0.452 e. The topological polar surface area (TPSA) is 121 Å². The molecule has 152 valence electrons. The summed E-state index contributed by atoms with van der Waals surface area (Å²) in [6.07, 6.45) is 1.77. The Morgan fingerprint density at radius 2 is 2.00 bits per heavy atom. The van der Waals surface area contributed by atoms with E-state index in [9.17, 15) is 18.0 Å². The summed E-state index contributed by atoms with van der Waals surface area (Å²) in [4.78, 5) is 28.5. The summed E-state index contributed by atoms with van der Waals surface area (Å²) in [6, 6.07) is 8.43. The third-order valence-corrected chi connectivity index (χ3v) is 7.15. The molecule has 2 heterocycles. The van der Waals surface area contributed by atoms with Gasteiger partial charge in [0.15, 0.2) is 11.4 Å². The first-order valence-electron chi connectivity index (χ1n) is 7.97. The van der Waals surface area contributed by atoms with Crippen LogP contribution < -0.4 is 9.94 Å². The number of carbonyl (C=O) groups excluding carboxylic acids is 2. The number of carbonyl (C=O) groups is 2. The quantitative estimate of drug-likeness (QED) is 0.552. The van der Waals surface area contributed by atoms with Crippen molar-refractivity contribution in [3.8, 4) is 0 Å². The van der Waals surface area contributed by atoms with Gasteiger partial charge in [-0.25, -0.2) is 18.4 Å². The van der Waals surface area contributed by atoms with Crippen molar-refractivity contribution in [3.05, 3.63) is 68.2 Å². The van der Waals surface area contributed by atoms with Crippen LogP contribution in [0.4, 0.5) is 0 Å². The van der Waals surface area contributed by atoms with Gasteiger partial charge in [0, 0.05) is 22.0 Å². The molecule has 2 N–H and O–H groups in total. The molecule has 0 unspecified atom stereocenters. The summed E-state index contributed by atoms with van der Waals surface area (Å²) < 4.78 is 29.0. The number of ether oxygens (including phenoxy) is 1. The molecule has 0 radical (unpaired) electrons. The minimum Gasteiger partial charge on any atom is -0.452 e. The van der Waals surface area contributed by atoms with E-state index in [1.54, 1.807) is 22.2 Å². The third kappa shape index (κ3) is 5.61. The van der Waals surface area contributed by atoms with E-state index in [1.807, 2.05) is 18.2 Å². The van der Waals surface area contributed by atoms with Crippen molar-refractivity contribution in [2.75, 3.05) is 6.61 Å². The molecule has 12 heteroatoms. The van der Waals surface area contributed by atoms with Crippen LogP contribution in [0.3, 0.4) is 0 Å². The normalized spacial score (nSPS) is 12.1. The zero-order valence-electron chi connectivity index (χ0n) is 14.6. The summed E-state index contributed by atoms with van der Waals surface area (Å²) in [5.74, 6) is -1.49. The van der Waals surface area contributed by atoms with Crippen molar-refractivity contribution in [1.29, 1.82) is 0 Å². The van der Waals surface area contributed by atoms with Gasteiger partial charge in [-0.1, -0.05) is 29.8 Å². The second kappa shape index (κ2) is 9.01. The number of hydrogen-bond acceptors (Lipinski definition) is 7. The van der Waals surface area contributed by atoms with Crippen LogP contribution >= 0.6 is 34.3 Å². The first-order valence-corrected chi connectivity index (χ1v) is 11.7. The van der Waals surface area contributed by atoms with Crippen molar-refractivity contribution in [1.82, 2.24) is 4.57 Å². The van der Waals surface area contributed by atoms with E-state index >= 15 is 0 Å². The average Bonchev–Trinajstić information content (AvgIpc) is 3.31. The molecule has 8 nitrogen and oxygen atoms in total. The molecule has 0 spiro atoms. The number of halogens is 1. The highest BCUT2D eigenvalue weighted by atomic mass is 35.5. The van der Waals surface area contributed by atoms with E-state index in [-0.39, 0.29) is 9.77 Å². The Hall–Kier alpha value is -2.31. The maximum atomic E-state index is 12.1. The lowest BCUT2D eigenvalue weighted by atomic mass is 10.2. The number of amides is 1. The van der Waals surface area contributed by atoms with Crippen LogP contribution in [0.2, 0.25) is 5.02 Å². The number of rotatable bonds is 6. The highest BCUT2D eigenvalue weighted by molar-refractivity contribution is 7.91. The van der Waals surface area contributed by atoms with Gasteiger partial charge in [0.05, 0.1) is 12.1 Å². The number of nitrogens with two attached hydrogens (primary N) is 1. The fourth-order valence-electron chi connectivity index (χ4n) is 2.24. The van der Waals surface area contributed by atoms with Crippen molar-refractivity contribution in [2.24, 2.45) is 10.1 Å². The van der Waals surface area contributed by atoms with Gasteiger partial charge in [-0.2, -0.15) is 4.99 Å². The van der Waals surface area contributed by atoms with Crippen LogP contribution in [-0.4, -0.2) is 31.5 Å². The molecular formula is C17H14ClN3O5S3. The van der Waals surface area contributed by atoms with Gasteiger partial charge >= 0.3 is 5.97 Å². The van der Waals surface area contributed by atoms with Gasteiger partial charge in [0.2, 0.25) is 10.0 Å². The van der Waals surface area contributed by atoms with Crippen LogP contribution in [0.25, 0.3) is 0 Å². The Labute approximate surface area is 178 Å². The number of sulfonamides is 1. The number of primary sulfonamides is 1. The lowest BCUT2D eigenvalue weighted by molar-refractivity contribution is -0.121. The lowest BCUT2D eigenvalue weighted by Crippen LogP contribution is -2.20. The molecule has 0 aliphatic rings. The SMILES string of the molecule is NS(=O)(=O)c1cc(C(=O)OCC(=O)N=c2sccn2Cc2ccccc2Cl)cs1. The van der Waals surface area contributed by atoms with Gasteiger partial charge in [-0.15, -0.1) is 22.7 Å². The van der Waals surface area contributed by atoms with Gasteiger partial charge < -0.3 is 9.30 Å². The third-order valence-electron chi connectivity index (χ3n) is 3.60. The van der Waals surface area contributed by atoms with E-state index in [2.05, 4.69) is 4.99 Å². The molecule has 3 aromatic rings. The maximum absolute atomic E-state index is 12.1. The molecule has 1 aromatic carbocycles. The van der Waals surface area contributed by atoms with Crippen LogP contribution in [0.1, 0.15) is 15.9 Å². The van der Waals surface area contributed by atoms with E-state index < -0.39 is 28.5 Å². The first kappa shape index (κ1) is 21.4. The molecule has 2 aromatic heterocycles. The number of esters is 1. The second-order valence-electron chi connectivity index (χ2n) is 5.69. The molecule has 0 saturated heterocycles. The predicted octanol–water partition coefficient (Wildman–Crippen LogP) is 2.24. The van der Waals surface area contributed by atoms with Gasteiger partial charge in [0.1, 0.15) is 4.21 Å². The molecule has 0 atom stereocenters. The number of hydrogen-bond donors (Lipinski definition) is 1. The Morgan fingerprint density at radius 3 is 2.69 bits per heavy atom. The van der Waals surface area contributed by atoms with Crippen LogP contribution in [0, 0.1) is 0 Å². The van der Waals surface area contributed by atoms with Crippen LogP contribution in [0.5, 0.6) is 0 Å². The molecule has 0 fully saturated rings.